The highest BCUT2D eigenvalue weighted by atomic mass is 35.6. The van der Waals surface area contributed by atoms with Crippen molar-refractivity contribution in [2.75, 3.05) is 57.0 Å². The minimum Gasteiger partial charge on any atom is -0.459 e. The number of rotatable bonds is 19. The van der Waals surface area contributed by atoms with E-state index in [-0.39, 0.29) is 35.5 Å². The number of sulfone groups is 1. The summed E-state index contributed by atoms with van der Waals surface area (Å²) in [6.07, 6.45) is -4.15. The Bertz CT molecular complexity index is 1610. The highest BCUT2D eigenvalue weighted by molar-refractivity contribution is 7.90. The number of anilines is 1. The van der Waals surface area contributed by atoms with Gasteiger partial charge in [0.05, 0.1) is 31.3 Å². The number of hydrogen-bond donors (Lipinski definition) is 4. The molecule has 5 atom stereocenters. The molecule has 0 aliphatic carbocycles. The number of benzene rings is 1. The lowest BCUT2D eigenvalue weighted by Crippen LogP contribution is -2.58. The van der Waals surface area contributed by atoms with Crippen LogP contribution in [0.15, 0.2) is 18.2 Å². The van der Waals surface area contributed by atoms with Crippen molar-refractivity contribution in [3.05, 3.63) is 23.8 Å². The number of carbonyl (C=O) groups excluding carboxylic acids is 5. The van der Waals surface area contributed by atoms with E-state index in [1.165, 1.54) is 32.0 Å². The van der Waals surface area contributed by atoms with Crippen LogP contribution in [0.5, 0.6) is 5.75 Å². The lowest BCUT2D eigenvalue weighted by atomic mass is 9.82. The topological polar surface area (TPSA) is 243 Å². The van der Waals surface area contributed by atoms with Crippen molar-refractivity contribution in [2.24, 2.45) is 11.8 Å². The van der Waals surface area contributed by atoms with Crippen LogP contribution < -0.4 is 15.4 Å². The quantitative estimate of drug-likeness (QED) is 0.0677. The summed E-state index contributed by atoms with van der Waals surface area (Å²) in [5, 5.41) is 24.7. The fourth-order valence-electron chi connectivity index (χ4n) is 5.04. The first-order valence-corrected chi connectivity index (χ1v) is 20.1. The van der Waals surface area contributed by atoms with Crippen LogP contribution >= 0.6 is 34.8 Å². The van der Waals surface area contributed by atoms with Crippen molar-refractivity contribution in [1.29, 1.82) is 0 Å². The van der Waals surface area contributed by atoms with Crippen LogP contribution in [0.1, 0.15) is 46.6 Å². The molecule has 1 aromatic carbocycles. The summed E-state index contributed by atoms with van der Waals surface area (Å²) < 4.78 is 55.2. The van der Waals surface area contributed by atoms with Crippen LogP contribution in [0.2, 0.25) is 0 Å². The number of halogens is 3. The van der Waals surface area contributed by atoms with E-state index in [1.54, 1.807) is 20.8 Å². The molecule has 0 saturated carbocycles. The zero-order valence-corrected chi connectivity index (χ0v) is 34.3. The first-order valence-electron chi connectivity index (χ1n) is 16.9. The van der Waals surface area contributed by atoms with Gasteiger partial charge >= 0.3 is 18.2 Å². The van der Waals surface area contributed by atoms with E-state index in [2.05, 4.69) is 10.6 Å². The number of hydrogen-bond acceptors (Lipinski definition) is 15. The predicted molar refractivity (Wildman–Crippen MR) is 198 cm³/mol. The third kappa shape index (κ3) is 16.1. The SMILES string of the molecule is CCC(=O)Nc1cc(COC(=O)N(CCS(C)(=O)=O)COCC(CO)(CO)NC(=O)OCC(Cl)(Cl)Cl)ccc1O[C@@H]1O[C@H](C(C)=O)[C@@H](C)[C@H](C)[C@H]1OC(C)=O. The molecule has 0 radical (unpaired) electrons. The van der Waals surface area contributed by atoms with Gasteiger partial charge in [0.25, 0.3) is 0 Å². The van der Waals surface area contributed by atoms with Gasteiger partial charge in [0.2, 0.25) is 16.0 Å². The van der Waals surface area contributed by atoms with Crippen molar-refractivity contribution in [3.63, 3.8) is 0 Å². The summed E-state index contributed by atoms with van der Waals surface area (Å²) in [5.41, 5.74) is -1.35. The predicted octanol–water partition coefficient (Wildman–Crippen LogP) is 2.71. The summed E-state index contributed by atoms with van der Waals surface area (Å²) in [5.74, 6) is -2.31. The van der Waals surface area contributed by atoms with E-state index in [1.807, 2.05) is 0 Å². The third-order valence-electron chi connectivity index (χ3n) is 8.28. The first-order chi connectivity index (χ1) is 25.5. The Hall–Kier alpha value is -3.17. The molecule has 0 aromatic heterocycles. The average molecular weight is 865 g/mol. The summed E-state index contributed by atoms with van der Waals surface area (Å²) in [6, 6.07) is 4.41. The summed E-state index contributed by atoms with van der Waals surface area (Å²) in [6.45, 7) is 3.45. The Morgan fingerprint density at radius 2 is 1.65 bits per heavy atom. The Kier molecular flexibility index (Phi) is 18.7. The van der Waals surface area contributed by atoms with Gasteiger partial charge in [-0.15, -0.1) is 0 Å². The second-order valence-electron chi connectivity index (χ2n) is 13.0. The molecule has 0 spiro atoms. The second-order valence-corrected chi connectivity index (χ2v) is 17.8. The number of ether oxygens (including phenoxy) is 6. The fraction of sp³-hybridized carbons (Fsp3) is 0.667. The molecule has 2 rings (SSSR count). The zero-order valence-electron chi connectivity index (χ0n) is 31.2. The minimum atomic E-state index is -3.58. The number of esters is 1. The Balaban J connectivity index is 2.27. The van der Waals surface area contributed by atoms with E-state index in [0.29, 0.717) is 5.56 Å². The Morgan fingerprint density at radius 3 is 2.20 bits per heavy atom. The van der Waals surface area contributed by atoms with Gasteiger partial charge in [0.1, 0.15) is 47.2 Å². The minimum absolute atomic E-state index is 0.0877. The monoisotopic (exact) mass is 863 g/mol. The number of carbonyl (C=O) groups is 5. The van der Waals surface area contributed by atoms with Crippen LogP contribution in [0.25, 0.3) is 0 Å². The van der Waals surface area contributed by atoms with Crippen molar-refractivity contribution >= 4 is 80.2 Å². The van der Waals surface area contributed by atoms with E-state index in [4.69, 9.17) is 63.2 Å². The molecule has 1 aliphatic heterocycles. The number of alkyl halides is 3. The molecule has 312 valence electrons. The van der Waals surface area contributed by atoms with Gasteiger partial charge in [-0.2, -0.15) is 0 Å². The van der Waals surface area contributed by atoms with Crippen molar-refractivity contribution < 1.29 is 71.0 Å². The molecule has 4 N–H and O–H groups in total. The molecule has 3 amide bonds. The van der Waals surface area contributed by atoms with Crippen LogP contribution in [0, 0.1) is 11.8 Å². The molecule has 22 heteroatoms. The van der Waals surface area contributed by atoms with E-state index < -0.39 is 114 Å². The molecule has 1 fully saturated rings. The van der Waals surface area contributed by atoms with Crippen LogP contribution in [-0.4, -0.2) is 133 Å². The maximum Gasteiger partial charge on any atom is 0.411 e. The number of nitrogens with one attached hydrogen (secondary N) is 2. The maximum absolute atomic E-state index is 13.2. The highest BCUT2D eigenvalue weighted by Crippen LogP contribution is 2.36. The number of amides is 3. The molecular formula is C33H48Cl3N3O15S. The van der Waals surface area contributed by atoms with E-state index >= 15 is 0 Å². The van der Waals surface area contributed by atoms with Crippen LogP contribution in [0.4, 0.5) is 15.3 Å². The number of nitrogens with zero attached hydrogens (tertiary/aromatic N) is 1. The molecule has 1 heterocycles. The van der Waals surface area contributed by atoms with Crippen molar-refractivity contribution in [3.8, 4) is 5.75 Å². The lowest BCUT2D eigenvalue weighted by Gasteiger charge is -2.42. The molecule has 0 bridgehead atoms. The van der Waals surface area contributed by atoms with Gasteiger partial charge in [-0.05, 0) is 30.5 Å². The Labute approximate surface area is 334 Å². The molecular weight excluding hydrogens is 817 g/mol. The van der Waals surface area contributed by atoms with Gasteiger partial charge in [-0.1, -0.05) is 61.6 Å². The number of ketones is 1. The van der Waals surface area contributed by atoms with Gasteiger partial charge < -0.3 is 49.3 Å². The van der Waals surface area contributed by atoms with Gasteiger partial charge in [-0.3, -0.25) is 19.3 Å². The zero-order chi connectivity index (χ0) is 41.7. The molecule has 1 aromatic rings. The van der Waals surface area contributed by atoms with Crippen LogP contribution in [-0.2, 0) is 54.5 Å². The highest BCUT2D eigenvalue weighted by Gasteiger charge is 2.46. The summed E-state index contributed by atoms with van der Waals surface area (Å²) in [7, 11) is -3.58. The lowest BCUT2D eigenvalue weighted by molar-refractivity contribution is -0.241. The van der Waals surface area contributed by atoms with Crippen LogP contribution in [0.3, 0.4) is 0 Å². The average Bonchev–Trinajstić information content (AvgIpc) is 3.10. The molecule has 1 saturated heterocycles. The summed E-state index contributed by atoms with van der Waals surface area (Å²) >= 11 is 16.7. The third-order valence-corrected chi connectivity index (χ3v) is 9.53. The fourth-order valence-corrected chi connectivity index (χ4v) is 5.76. The van der Waals surface area contributed by atoms with E-state index in [9.17, 15) is 42.6 Å². The van der Waals surface area contributed by atoms with Crippen molar-refractivity contribution in [2.45, 2.75) is 75.5 Å². The molecule has 18 nitrogen and oxygen atoms in total. The number of aliphatic hydroxyl groups is 2. The second kappa shape index (κ2) is 21.4. The largest absolute Gasteiger partial charge is 0.459 e. The Morgan fingerprint density at radius 1 is 1.00 bits per heavy atom. The van der Waals surface area contributed by atoms with Gasteiger partial charge in [-0.25, -0.2) is 18.0 Å². The number of Topliss-reactive ketones (excluding diaryl/α,β-unsaturated/α-hetero) is 1. The smallest absolute Gasteiger partial charge is 0.411 e. The molecule has 0 unspecified atom stereocenters. The number of aliphatic hydroxyl groups excluding tert-OH is 2. The van der Waals surface area contributed by atoms with Gasteiger partial charge in [0, 0.05) is 32.1 Å². The van der Waals surface area contributed by atoms with E-state index in [0.717, 1.165) is 11.2 Å². The summed E-state index contributed by atoms with van der Waals surface area (Å²) in [4.78, 5) is 63.1. The first kappa shape index (κ1) is 48.0. The maximum atomic E-state index is 13.2. The molecule has 55 heavy (non-hydrogen) atoms. The standard InChI is InChI=1S/C33H48Cl3N3O15S/c1-7-26(44)37-24-12-23(8-9-25(24)53-29-28(52-22(5)43)20(3)19(2)27(54-29)21(4)42)13-50-31(46)39(10-11-55(6,47)48)18-49-16-32(14-40,15-41)38-30(45)51-17-33(34,35)36/h8-9,12,19-20,27-29,40-41H,7,10-11,13-18H2,1-6H3,(H,37,44)(H,38,45)/t19-,20-,27-,28+,29+/m0/s1. The molecule has 1 aliphatic rings. The van der Waals surface area contributed by atoms with Gasteiger partial charge in [0.15, 0.2) is 11.9 Å². The normalized spacial score (nSPS) is 20.2. The van der Waals surface area contributed by atoms with Crippen molar-refractivity contribution in [1.82, 2.24) is 10.2 Å². The number of alkyl carbamates (subject to hydrolysis) is 1.